The maximum absolute atomic E-state index is 13.4. The van der Waals surface area contributed by atoms with E-state index >= 15 is 0 Å². The van der Waals surface area contributed by atoms with Crippen molar-refractivity contribution in [3.8, 4) is 16.9 Å². The standard InChI is InChI=1S/C28H26N2O5/c1-17-13-15-19(16-14-17)24-20-9-5-6-10-21(20)27(32)30(3)25(24)28(33)35-18(2)26(31)29-22-11-7-8-12-23(22)34-4/h5-16,18H,1-4H3,(H,29,31). The first kappa shape index (κ1) is 23.8. The van der Waals surface area contributed by atoms with Crippen LogP contribution in [0, 0.1) is 6.92 Å². The molecule has 35 heavy (non-hydrogen) atoms. The monoisotopic (exact) mass is 470 g/mol. The van der Waals surface area contributed by atoms with Gasteiger partial charge >= 0.3 is 5.97 Å². The highest BCUT2D eigenvalue weighted by Gasteiger charge is 2.26. The Labute approximate surface area is 202 Å². The molecule has 0 saturated heterocycles. The molecule has 1 unspecified atom stereocenters. The number of ether oxygens (including phenoxy) is 2. The minimum atomic E-state index is -1.13. The molecule has 1 amide bonds. The summed E-state index contributed by atoms with van der Waals surface area (Å²) in [7, 11) is 3.03. The quantitative estimate of drug-likeness (QED) is 0.413. The van der Waals surface area contributed by atoms with Crippen LogP contribution < -0.4 is 15.6 Å². The lowest BCUT2D eigenvalue weighted by Gasteiger charge is -2.19. The predicted octanol–water partition coefficient (Wildman–Crippen LogP) is 4.71. The topological polar surface area (TPSA) is 86.6 Å². The Balaban J connectivity index is 1.73. The number of nitrogens with one attached hydrogen (secondary N) is 1. The lowest BCUT2D eigenvalue weighted by Crippen LogP contribution is -2.33. The van der Waals surface area contributed by atoms with Crippen molar-refractivity contribution in [3.05, 3.63) is 94.4 Å². The fraction of sp³-hybridized carbons (Fsp3) is 0.179. The van der Waals surface area contributed by atoms with Gasteiger partial charge < -0.3 is 19.4 Å². The molecule has 0 aliphatic carbocycles. The maximum atomic E-state index is 13.4. The Hall–Kier alpha value is -4.39. The van der Waals surface area contributed by atoms with E-state index in [1.807, 2.05) is 37.3 Å². The highest BCUT2D eigenvalue weighted by molar-refractivity contribution is 6.07. The molecule has 0 radical (unpaired) electrons. The minimum absolute atomic E-state index is 0.0782. The van der Waals surface area contributed by atoms with Crippen LogP contribution in [0.15, 0.2) is 77.6 Å². The fourth-order valence-corrected chi connectivity index (χ4v) is 3.97. The summed E-state index contributed by atoms with van der Waals surface area (Å²) in [5, 5.41) is 3.84. The molecule has 7 nitrogen and oxygen atoms in total. The SMILES string of the molecule is COc1ccccc1NC(=O)C(C)OC(=O)c1c(-c2ccc(C)cc2)c2ccccc2c(=O)n1C. The normalized spacial score (nSPS) is 11.7. The summed E-state index contributed by atoms with van der Waals surface area (Å²) in [5.41, 5.74) is 2.62. The van der Waals surface area contributed by atoms with Crippen molar-refractivity contribution in [1.29, 1.82) is 0 Å². The molecular weight excluding hydrogens is 444 g/mol. The number of benzene rings is 3. The smallest absolute Gasteiger partial charge is 0.356 e. The van der Waals surface area contributed by atoms with Crippen LogP contribution >= 0.6 is 0 Å². The number of rotatable bonds is 6. The Morgan fingerprint density at radius 2 is 1.54 bits per heavy atom. The van der Waals surface area contributed by atoms with Gasteiger partial charge in [0.25, 0.3) is 11.5 Å². The third-order valence-electron chi connectivity index (χ3n) is 5.86. The van der Waals surface area contributed by atoms with E-state index in [1.54, 1.807) is 42.5 Å². The highest BCUT2D eigenvalue weighted by Crippen LogP contribution is 2.31. The van der Waals surface area contributed by atoms with E-state index in [-0.39, 0.29) is 11.3 Å². The average Bonchev–Trinajstić information content (AvgIpc) is 2.86. The number of carbonyl (C=O) groups excluding carboxylic acids is 2. The van der Waals surface area contributed by atoms with Crippen molar-refractivity contribution in [2.45, 2.75) is 20.0 Å². The number of methoxy groups -OCH3 is 1. The van der Waals surface area contributed by atoms with Gasteiger partial charge in [-0.25, -0.2) is 4.79 Å². The van der Waals surface area contributed by atoms with Crippen molar-refractivity contribution in [3.63, 3.8) is 0 Å². The van der Waals surface area contributed by atoms with Crippen molar-refractivity contribution in [2.75, 3.05) is 12.4 Å². The molecule has 0 bridgehead atoms. The average molecular weight is 471 g/mol. The molecular formula is C28H26N2O5. The molecule has 7 heteroatoms. The number of carbonyl (C=O) groups is 2. The summed E-state index contributed by atoms with van der Waals surface area (Å²) >= 11 is 0. The van der Waals surface area contributed by atoms with Gasteiger partial charge in [-0.15, -0.1) is 0 Å². The first-order valence-electron chi connectivity index (χ1n) is 11.2. The van der Waals surface area contributed by atoms with Crippen LogP contribution in [0.4, 0.5) is 5.69 Å². The summed E-state index contributed by atoms with van der Waals surface area (Å²) in [5.74, 6) is -0.808. The zero-order valence-corrected chi connectivity index (χ0v) is 20.0. The number of amides is 1. The summed E-state index contributed by atoms with van der Waals surface area (Å²) in [6.07, 6.45) is -1.13. The molecule has 1 N–H and O–H groups in total. The molecule has 0 fully saturated rings. The van der Waals surface area contributed by atoms with Crippen molar-refractivity contribution in [2.24, 2.45) is 7.05 Å². The molecule has 1 atom stereocenters. The number of fused-ring (bicyclic) bond motifs is 1. The summed E-state index contributed by atoms with van der Waals surface area (Å²) < 4.78 is 12.1. The van der Waals surface area contributed by atoms with Crippen LogP contribution in [-0.2, 0) is 16.6 Å². The number of aryl methyl sites for hydroxylation is 1. The van der Waals surface area contributed by atoms with Crippen LogP contribution in [0.25, 0.3) is 21.9 Å². The van der Waals surface area contributed by atoms with E-state index in [0.29, 0.717) is 27.8 Å². The van der Waals surface area contributed by atoms with Crippen LogP contribution in [0.3, 0.4) is 0 Å². The summed E-state index contributed by atoms with van der Waals surface area (Å²) in [6.45, 7) is 3.45. The summed E-state index contributed by atoms with van der Waals surface area (Å²) in [6, 6.07) is 21.8. The Morgan fingerprint density at radius 3 is 2.23 bits per heavy atom. The number of esters is 1. The van der Waals surface area contributed by atoms with E-state index in [2.05, 4.69) is 5.32 Å². The molecule has 1 aromatic heterocycles. The largest absolute Gasteiger partial charge is 0.495 e. The Morgan fingerprint density at radius 1 is 0.914 bits per heavy atom. The van der Waals surface area contributed by atoms with Gasteiger partial charge in [-0.2, -0.15) is 0 Å². The molecule has 0 spiro atoms. The number of para-hydroxylation sites is 2. The second-order valence-corrected chi connectivity index (χ2v) is 8.24. The van der Waals surface area contributed by atoms with Crippen LogP contribution in [-0.4, -0.2) is 29.7 Å². The molecule has 4 rings (SSSR count). The third-order valence-corrected chi connectivity index (χ3v) is 5.86. The predicted molar refractivity (Wildman–Crippen MR) is 136 cm³/mol. The zero-order chi connectivity index (χ0) is 25.1. The maximum Gasteiger partial charge on any atom is 0.356 e. The van der Waals surface area contributed by atoms with Crippen LogP contribution in [0.1, 0.15) is 23.0 Å². The molecule has 0 aliphatic heterocycles. The molecule has 3 aromatic carbocycles. The van der Waals surface area contributed by atoms with Gasteiger partial charge in [0.15, 0.2) is 6.10 Å². The van der Waals surface area contributed by atoms with Crippen molar-refractivity contribution >= 4 is 28.3 Å². The van der Waals surface area contributed by atoms with E-state index in [1.165, 1.54) is 25.6 Å². The first-order chi connectivity index (χ1) is 16.8. The van der Waals surface area contributed by atoms with Gasteiger partial charge in [0, 0.05) is 18.0 Å². The van der Waals surface area contributed by atoms with Crippen LogP contribution in [0.2, 0.25) is 0 Å². The van der Waals surface area contributed by atoms with Gasteiger partial charge in [-0.3, -0.25) is 9.59 Å². The van der Waals surface area contributed by atoms with E-state index in [4.69, 9.17) is 9.47 Å². The van der Waals surface area contributed by atoms with Gasteiger partial charge in [0.05, 0.1) is 12.8 Å². The number of nitrogens with zero attached hydrogens (tertiary/aromatic N) is 1. The third kappa shape index (κ3) is 4.66. The molecule has 0 saturated carbocycles. The molecule has 1 heterocycles. The molecule has 4 aromatic rings. The second kappa shape index (κ2) is 9.85. The fourth-order valence-electron chi connectivity index (χ4n) is 3.97. The second-order valence-electron chi connectivity index (χ2n) is 8.24. The van der Waals surface area contributed by atoms with Crippen molar-refractivity contribution < 1.29 is 19.1 Å². The lowest BCUT2D eigenvalue weighted by atomic mass is 9.96. The number of anilines is 1. The van der Waals surface area contributed by atoms with E-state index < -0.39 is 18.0 Å². The summed E-state index contributed by atoms with van der Waals surface area (Å²) in [4.78, 5) is 39.3. The number of aromatic nitrogens is 1. The van der Waals surface area contributed by atoms with E-state index in [0.717, 1.165) is 11.1 Å². The minimum Gasteiger partial charge on any atom is -0.495 e. The van der Waals surface area contributed by atoms with Crippen molar-refractivity contribution in [1.82, 2.24) is 4.57 Å². The van der Waals surface area contributed by atoms with E-state index in [9.17, 15) is 14.4 Å². The Kier molecular flexibility index (Phi) is 6.68. The van der Waals surface area contributed by atoms with Gasteiger partial charge in [0.1, 0.15) is 11.4 Å². The Bertz CT molecular complexity index is 1470. The van der Waals surface area contributed by atoms with Crippen LogP contribution in [0.5, 0.6) is 5.75 Å². The molecule has 178 valence electrons. The molecule has 0 aliphatic rings. The zero-order valence-electron chi connectivity index (χ0n) is 20.0. The first-order valence-corrected chi connectivity index (χ1v) is 11.2. The number of hydrogen-bond acceptors (Lipinski definition) is 5. The van der Waals surface area contributed by atoms with Gasteiger partial charge in [-0.1, -0.05) is 60.2 Å². The van der Waals surface area contributed by atoms with Gasteiger partial charge in [-0.05, 0) is 43.0 Å². The lowest BCUT2D eigenvalue weighted by molar-refractivity contribution is -0.123. The highest BCUT2D eigenvalue weighted by atomic mass is 16.5. The number of hydrogen-bond donors (Lipinski definition) is 1. The van der Waals surface area contributed by atoms with Gasteiger partial charge in [0.2, 0.25) is 0 Å². The number of pyridine rings is 1.